The van der Waals surface area contributed by atoms with Gasteiger partial charge in [-0.05, 0) is 6.42 Å². The van der Waals surface area contributed by atoms with E-state index in [1.165, 1.54) is 18.7 Å². The predicted molar refractivity (Wildman–Crippen MR) is 45.3 cm³/mol. The van der Waals surface area contributed by atoms with E-state index in [-0.39, 0.29) is 24.0 Å². The lowest BCUT2D eigenvalue weighted by molar-refractivity contribution is -0.703. The third-order valence-electron chi connectivity index (χ3n) is 1.94. The average molecular weight is 280 g/mol. The summed E-state index contributed by atoms with van der Waals surface area (Å²) < 4.78 is 2.30. The van der Waals surface area contributed by atoms with Crippen LogP contribution in [0, 0.1) is 0 Å². The number of imidazole rings is 1. The zero-order valence-electron chi connectivity index (χ0n) is 7.81. The van der Waals surface area contributed by atoms with E-state index in [4.69, 9.17) is 0 Å². The van der Waals surface area contributed by atoms with Crippen LogP contribution in [0.25, 0.3) is 0 Å². The van der Waals surface area contributed by atoms with E-state index in [1.54, 1.807) is 0 Å². The molecule has 0 aromatic carbocycles. The summed E-state index contributed by atoms with van der Waals surface area (Å²) >= 11 is 0. The Morgan fingerprint density at radius 3 is 2.75 bits per heavy atom. The molecule has 0 saturated carbocycles. The number of nitrogens with zero attached hydrogens (tertiary/aromatic N) is 1. The van der Waals surface area contributed by atoms with Crippen molar-refractivity contribution in [2.75, 3.05) is 0 Å². The van der Waals surface area contributed by atoms with Crippen molar-refractivity contribution in [3.05, 3.63) is 18.2 Å². The molecule has 0 bridgehead atoms. The second-order valence-electron chi connectivity index (χ2n) is 2.81. The van der Waals surface area contributed by atoms with E-state index < -0.39 is 0 Å². The van der Waals surface area contributed by atoms with Gasteiger partial charge in [-0.3, -0.25) is 0 Å². The second-order valence-corrected chi connectivity index (χ2v) is 2.81. The van der Waals surface area contributed by atoms with Crippen LogP contribution in [-0.2, 0) is 13.0 Å². The summed E-state index contributed by atoms with van der Waals surface area (Å²) in [7, 11) is 0. The van der Waals surface area contributed by atoms with Crippen LogP contribution in [0.3, 0.4) is 0 Å². The Morgan fingerprint density at radius 1 is 1.42 bits per heavy atom. The summed E-state index contributed by atoms with van der Waals surface area (Å²) in [5, 5.41) is 0. The van der Waals surface area contributed by atoms with Gasteiger partial charge in [0, 0.05) is 6.42 Å². The number of H-pyrrole nitrogens is 1. The number of halogens is 1. The lowest BCUT2D eigenvalue weighted by Crippen LogP contribution is -3.00. The Hall–Kier alpha value is -0.0600. The molecular weight excluding hydrogens is 263 g/mol. The lowest BCUT2D eigenvalue weighted by atomic mass is 10.3. The molecule has 0 aliphatic rings. The molecule has 0 spiro atoms. The maximum absolute atomic E-state index is 3.23. The van der Waals surface area contributed by atoms with E-state index in [1.807, 2.05) is 6.20 Å². The van der Waals surface area contributed by atoms with Gasteiger partial charge in [-0.1, -0.05) is 20.3 Å². The number of hydrogen-bond donors (Lipinski definition) is 1. The number of aromatic amines is 1. The minimum absolute atomic E-state index is 0. The van der Waals surface area contributed by atoms with E-state index in [0.717, 1.165) is 13.0 Å². The van der Waals surface area contributed by atoms with Gasteiger partial charge in [-0.2, -0.15) is 0 Å². The van der Waals surface area contributed by atoms with Gasteiger partial charge >= 0.3 is 0 Å². The lowest BCUT2D eigenvalue weighted by Gasteiger charge is -1.96. The van der Waals surface area contributed by atoms with Crippen LogP contribution < -0.4 is 28.5 Å². The van der Waals surface area contributed by atoms with Crippen molar-refractivity contribution in [1.82, 2.24) is 4.98 Å². The number of rotatable bonds is 4. The maximum atomic E-state index is 3.23. The van der Waals surface area contributed by atoms with Crippen LogP contribution in [0.4, 0.5) is 0 Å². The first-order valence-corrected chi connectivity index (χ1v) is 4.44. The Bertz CT molecular complexity index is 208. The van der Waals surface area contributed by atoms with Crippen molar-refractivity contribution in [3.63, 3.8) is 0 Å². The zero-order chi connectivity index (χ0) is 8.10. The molecule has 12 heavy (non-hydrogen) atoms. The van der Waals surface area contributed by atoms with Crippen molar-refractivity contribution in [2.45, 2.75) is 39.7 Å². The quantitative estimate of drug-likeness (QED) is 0.521. The number of unbranched alkanes of at least 4 members (excludes halogenated alkanes) is 1. The van der Waals surface area contributed by atoms with Crippen LogP contribution in [0.15, 0.2) is 12.4 Å². The molecule has 1 aromatic heterocycles. The van der Waals surface area contributed by atoms with Crippen LogP contribution >= 0.6 is 0 Å². The summed E-state index contributed by atoms with van der Waals surface area (Å²) in [6.07, 6.45) is 7.76. The van der Waals surface area contributed by atoms with Gasteiger partial charge in [-0.15, -0.1) is 0 Å². The number of aryl methyl sites for hydroxylation is 2. The first-order valence-electron chi connectivity index (χ1n) is 4.44. The highest BCUT2D eigenvalue weighted by Crippen LogP contribution is 1.90. The van der Waals surface area contributed by atoms with Gasteiger partial charge in [0.15, 0.2) is 0 Å². The van der Waals surface area contributed by atoms with Crippen molar-refractivity contribution in [1.29, 1.82) is 0 Å². The molecule has 1 heterocycles. The summed E-state index contributed by atoms with van der Waals surface area (Å²) in [5.41, 5.74) is 0. The van der Waals surface area contributed by atoms with Crippen LogP contribution in [0.5, 0.6) is 0 Å². The highest BCUT2D eigenvalue weighted by molar-refractivity contribution is 4.74. The third-order valence-corrected chi connectivity index (χ3v) is 1.94. The van der Waals surface area contributed by atoms with Crippen molar-refractivity contribution in [3.8, 4) is 0 Å². The normalized spacial score (nSPS) is 9.50. The largest absolute Gasteiger partial charge is 1.00 e. The molecule has 0 amide bonds. The molecule has 0 radical (unpaired) electrons. The van der Waals surface area contributed by atoms with Crippen LogP contribution in [0.1, 0.15) is 32.5 Å². The van der Waals surface area contributed by atoms with Gasteiger partial charge in [0.05, 0.1) is 6.54 Å². The predicted octanol–water partition coefficient (Wildman–Crippen LogP) is -1.33. The number of nitrogens with one attached hydrogen (secondary N) is 1. The van der Waals surface area contributed by atoms with E-state index in [0.29, 0.717) is 0 Å². The Balaban J connectivity index is 0.00000121. The molecule has 0 unspecified atom stereocenters. The molecule has 0 fully saturated rings. The molecule has 70 valence electrons. The zero-order valence-corrected chi connectivity index (χ0v) is 9.97. The van der Waals surface area contributed by atoms with Gasteiger partial charge in [-0.25, -0.2) is 9.55 Å². The van der Waals surface area contributed by atoms with Gasteiger partial charge in [0.1, 0.15) is 12.4 Å². The van der Waals surface area contributed by atoms with E-state index in [2.05, 4.69) is 29.6 Å². The Morgan fingerprint density at radius 2 is 2.17 bits per heavy atom. The highest BCUT2D eigenvalue weighted by Gasteiger charge is 2.05. The number of hydrogen-bond acceptors (Lipinski definition) is 0. The SMILES string of the molecule is CCCC[n+]1cc[nH]c1CC.[I-]. The monoisotopic (exact) mass is 280 g/mol. The topological polar surface area (TPSA) is 19.7 Å². The molecule has 1 aromatic rings. The van der Waals surface area contributed by atoms with E-state index in [9.17, 15) is 0 Å². The smallest absolute Gasteiger partial charge is 0.253 e. The Kier molecular flexibility index (Phi) is 6.42. The molecular formula is C9H17IN2. The minimum Gasteiger partial charge on any atom is -1.00 e. The first-order chi connectivity index (χ1) is 5.38. The fourth-order valence-electron chi connectivity index (χ4n) is 1.24. The minimum atomic E-state index is 0. The molecule has 1 rings (SSSR count). The fraction of sp³-hybridized carbons (Fsp3) is 0.667. The molecule has 2 nitrogen and oxygen atoms in total. The molecule has 0 aliphatic heterocycles. The molecule has 0 atom stereocenters. The van der Waals surface area contributed by atoms with Crippen LogP contribution in [0.2, 0.25) is 0 Å². The fourth-order valence-corrected chi connectivity index (χ4v) is 1.24. The average Bonchev–Trinajstić information content (AvgIpc) is 2.47. The van der Waals surface area contributed by atoms with Gasteiger partial charge in [0.2, 0.25) is 0 Å². The second kappa shape index (κ2) is 6.46. The summed E-state index contributed by atoms with van der Waals surface area (Å²) in [5.74, 6) is 1.33. The highest BCUT2D eigenvalue weighted by atomic mass is 127. The third kappa shape index (κ3) is 3.13. The molecule has 0 saturated heterocycles. The Labute approximate surface area is 91.4 Å². The standard InChI is InChI=1S/C9H16N2.HI/c1-3-5-7-11-8-6-10-9(11)4-2;/h6,8H,3-5,7H2,1-2H3;1H. The van der Waals surface area contributed by atoms with Gasteiger partial charge < -0.3 is 24.0 Å². The maximum Gasteiger partial charge on any atom is 0.253 e. The van der Waals surface area contributed by atoms with Crippen LogP contribution in [-0.4, -0.2) is 4.98 Å². The molecule has 3 heteroatoms. The van der Waals surface area contributed by atoms with Crippen molar-refractivity contribution >= 4 is 0 Å². The van der Waals surface area contributed by atoms with Crippen molar-refractivity contribution in [2.24, 2.45) is 0 Å². The summed E-state index contributed by atoms with van der Waals surface area (Å²) in [6.45, 7) is 5.55. The van der Waals surface area contributed by atoms with Crippen molar-refractivity contribution < 1.29 is 28.5 Å². The summed E-state index contributed by atoms with van der Waals surface area (Å²) in [4.78, 5) is 3.23. The summed E-state index contributed by atoms with van der Waals surface area (Å²) in [6, 6.07) is 0. The first kappa shape index (κ1) is 11.9. The molecule has 0 aliphatic carbocycles. The number of aromatic nitrogens is 2. The van der Waals surface area contributed by atoms with Gasteiger partial charge in [0.25, 0.3) is 5.82 Å². The molecule has 1 N–H and O–H groups in total. The van der Waals surface area contributed by atoms with E-state index >= 15 is 0 Å².